The summed E-state index contributed by atoms with van der Waals surface area (Å²) < 4.78 is 34.2. The lowest BCUT2D eigenvalue weighted by Crippen LogP contribution is -2.33. The summed E-state index contributed by atoms with van der Waals surface area (Å²) in [4.78, 5) is 13.7. The van der Waals surface area contributed by atoms with Crippen molar-refractivity contribution in [1.82, 2.24) is 4.72 Å². The van der Waals surface area contributed by atoms with Crippen molar-refractivity contribution in [2.24, 2.45) is 0 Å². The summed E-state index contributed by atoms with van der Waals surface area (Å²) in [5, 5.41) is 0. The summed E-state index contributed by atoms with van der Waals surface area (Å²) in [5.74, 6) is 1.32. The van der Waals surface area contributed by atoms with Gasteiger partial charge in [0.05, 0.1) is 4.90 Å². The van der Waals surface area contributed by atoms with E-state index >= 15 is 0 Å². The molecule has 0 saturated carbocycles. The maximum Gasteiger partial charge on any atom is 0.240 e. The van der Waals surface area contributed by atoms with Crippen molar-refractivity contribution in [3.63, 3.8) is 0 Å². The minimum Gasteiger partial charge on any atom is -0.457 e. The van der Waals surface area contributed by atoms with Crippen molar-refractivity contribution in [3.05, 3.63) is 83.9 Å². The van der Waals surface area contributed by atoms with Gasteiger partial charge in [0.25, 0.3) is 0 Å². The third-order valence-corrected chi connectivity index (χ3v) is 6.60. The molecule has 6 nitrogen and oxygen atoms in total. The molecule has 0 fully saturated rings. The van der Waals surface area contributed by atoms with Crippen molar-refractivity contribution in [2.75, 3.05) is 11.4 Å². The SMILES string of the molecule is CC(=O)N1CCCc2cc(S(=O)(=O)NCc3cccc(Oc4ccccc4)c3)ccc21. The highest BCUT2D eigenvalue weighted by Gasteiger charge is 2.23. The zero-order valence-corrected chi connectivity index (χ0v) is 18.1. The monoisotopic (exact) mass is 436 g/mol. The number of aryl methyl sites for hydroxylation is 1. The number of nitrogens with zero attached hydrogens (tertiary/aromatic N) is 1. The van der Waals surface area contributed by atoms with Crippen LogP contribution in [0.5, 0.6) is 11.5 Å². The summed E-state index contributed by atoms with van der Waals surface area (Å²) >= 11 is 0. The highest BCUT2D eigenvalue weighted by molar-refractivity contribution is 7.89. The standard InChI is InChI=1S/C24H24N2O4S/c1-18(27)26-14-6-8-20-16-23(12-13-24(20)26)31(28,29)25-17-19-7-5-11-22(15-19)30-21-9-3-2-4-10-21/h2-5,7,9-13,15-16,25H,6,8,14,17H2,1H3. The Morgan fingerprint density at radius 1 is 1.00 bits per heavy atom. The zero-order valence-electron chi connectivity index (χ0n) is 17.2. The number of carbonyl (C=O) groups is 1. The lowest BCUT2D eigenvalue weighted by Gasteiger charge is -2.28. The first kappa shape index (κ1) is 21.1. The van der Waals surface area contributed by atoms with E-state index in [9.17, 15) is 13.2 Å². The van der Waals surface area contributed by atoms with Crippen LogP contribution >= 0.6 is 0 Å². The number of ether oxygens (including phenoxy) is 1. The maximum absolute atomic E-state index is 12.9. The van der Waals surface area contributed by atoms with Crippen LogP contribution < -0.4 is 14.4 Å². The Hall–Kier alpha value is -3.16. The van der Waals surface area contributed by atoms with Crippen molar-refractivity contribution in [3.8, 4) is 11.5 Å². The zero-order chi connectivity index (χ0) is 21.8. The van der Waals surface area contributed by atoms with Gasteiger partial charge in [0.2, 0.25) is 15.9 Å². The lowest BCUT2D eigenvalue weighted by atomic mass is 10.0. The van der Waals surface area contributed by atoms with E-state index in [2.05, 4.69) is 4.72 Å². The summed E-state index contributed by atoms with van der Waals surface area (Å²) in [5.41, 5.74) is 2.46. The van der Waals surface area contributed by atoms with Gasteiger partial charge >= 0.3 is 0 Å². The number of anilines is 1. The second-order valence-corrected chi connectivity index (χ2v) is 9.22. The van der Waals surface area contributed by atoms with Crippen LogP contribution in [0, 0.1) is 0 Å². The number of carbonyl (C=O) groups excluding carboxylic acids is 1. The molecular weight excluding hydrogens is 412 g/mol. The third kappa shape index (κ3) is 4.95. The van der Waals surface area contributed by atoms with Gasteiger partial charge in [-0.05, 0) is 66.4 Å². The van der Waals surface area contributed by atoms with E-state index < -0.39 is 10.0 Å². The molecule has 1 heterocycles. The van der Waals surface area contributed by atoms with E-state index in [1.54, 1.807) is 23.1 Å². The van der Waals surface area contributed by atoms with Crippen molar-refractivity contribution >= 4 is 21.6 Å². The molecule has 0 spiro atoms. The number of nitrogens with one attached hydrogen (secondary N) is 1. The second-order valence-electron chi connectivity index (χ2n) is 7.45. The van der Waals surface area contributed by atoms with E-state index in [1.165, 1.54) is 6.92 Å². The Labute approximate surface area is 182 Å². The summed E-state index contributed by atoms with van der Waals surface area (Å²) in [7, 11) is -3.70. The minimum absolute atomic E-state index is 0.0349. The molecule has 1 amide bonds. The van der Waals surface area contributed by atoms with Crippen LogP contribution in [0.4, 0.5) is 5.69 Å². The molecule has 4 rings (SSSR count). The molecule has 3 aromatic rings. The van der Waals surface area contributed by atoms with Crippen molar-refractivity contribution in [1.29, 1.82) is 0 Å². The van der Waals surface area contributed by atoms with E-state index in [4.69, 9.17) is 4.74 Å². The highest BCUT2D eigenvalue weighted by atomic mass is 32.2. The molecule has 31 heavy (non-hydrogen) atoms. The van der Waals surface area contributed by atoms with Gasteiger partial charge in [0.15, 0.2) is 0 Å². The molecule has 3 aromatic carbocycles. The van der Waals surface area contributed by atoms with Gasteiger partial charge in [0.1, 0.15) is 11.5 Å². The first-order chi connectivity index (χ1) is 14.9. The molecule has 160 valence electrons. The number of amides is 1. The van der Waals surface area contributed by atoms with Gasteiger partial charge in [-0.1, -0.05) is 30.3 Å². The topological polar surface area (TPSA) is 75.7 Å². The number of sulfonamides is 1. The Balaban J connectivity index is 1.47. The van der Waals surface area contributed by atoms with Gasteiger partial charge < -0.3 is 9.64 Å². The lowest BCUT2D eigenvalue weighted by molar-refractivity contribution is -0.116. The van der Waals surface area contributed by atoms with E-state index in [1.807, 2.05) is 54.6 Å². The highest BCUT2D eigenvalue weighted by Crippen LogP contribution is 2.29. The number of hydrogen-bond donors (Lipinski definition) is 1. The predicted molar refractivity (Wildman–Crippen MR) is 120 cm³/mol. The minimum atomic E-state index is -3.70. The number of fused-ring (bicyclic) bond motifs is 1. The van der Waals surface area contributed by atoms with Crippen molar-refractivity contribution in [2.45, 2.75) is 31.2 Å². The van der Waals surface area contributed by atoms with Crippen LogP contribution in [-0.4, -0.2) is 20.9 Å². The predicted octanol–water partition coefficient (Wildman–Crippen LogP) is 4.26. The first-order valence-corrected chi connectivity index (χ1v) is 11.6. The molecule has 1 aliphatic rings. The number of benzene rings is 3. The van der Waals surface area contributed by atoms with E-state index in [0.29, 0.717) is 18.0 Å². The molecule has 0 bridgehead atoms. The van der Waals surface area contributed by atoms with Gasteiger partial charge in [0, 0.05) is 25.7 Å². The maximum atomic E-state index is 12.9. The quantitative estimate of drug-likeness (QED) is 0.627. The molecule has 0 aromatic heterocycles. The van der Waals surface area contributed by atoms with Gasteiger partial charge in [-0.2, -0.15) is 0 Å². The van der Waals surface area contributed by atoms with Crippen LogP contribution in [-0.2, 0) is 27.8 Å². The average molecular weight is 437 g/mol. The summed E-state index contributed by atoms with van der Waals surface area (Å²) in [6, 6.07) is 21.7. The van der Waals surface area contributed by atoms with E-state index in [-0.39, 0.29) is 17.3 Å². The molecule has 7 heteroatoms. The normalized spacial score (nSPS) is 13.5. The number of para-hydroxylation sites is 1. The number of rotatable bonds is 6. The molecule has 0 atom stereocenters. The van der Waals surface area contributed by atoms with Crippen LogP contribution in [0.2, 0.25) is 0 Å². The fraction of sp³-hybridized carbons (Fsp3) is 0.208. The Morgan fingerprint density at radius 3 is 2.55 bits per heavy atom. The molecule has 1 N–H and O–H groups in total. The number of hydrogen-bond acceptors (Lipinski definition) is 4. The third-order valence-electron chi connectivity index (χ3n) is 5.20. The fourth-order valence-electron chi connectivity index (χ4n) is 3.67. The van der Waals surface area contributed by atoms with Gasteiger partial charge in [-0.3, -0.25) is 4.79 Å². The molecule has 0 radical (unpaired) electrons. The van der Waals surface area contributed by atoms with Crippen LogP contribution in [0.3, 0.4) is 0 Å². The van der Waals surface area contributed by atoms with Crippen LogP contribution in [0.1, 0.15) is 24.5 Å². The Morgan fingerprint density at radius 2 is 1.77 bits per heavy atom. The van der Waals surface area contributed by atoms with Crippen LogP contribution in [0.25, 0.3) is 0 Å². The van der Waals surface area contributed by atoms with Crippen molar-refractivity contribution < 1.29 is 17.9 Å². The summed E-state index contributed by atoms with van der Waals surface area (Å²) in [6.45, 7) is 2.33. The van der Waals surface area contributed by atoms with Crippen LogP contribution in [0.15, 0.2) is 77.7 Å². The Bertz CT molecular complexity index is 1190. The Kier molecular flexibility index (Phi) is 6.06. The smallest absolute Gasteiger partial charge is 0.240 e. The molecule has 0 unspecified atom stereocenters. The molecular formula is C24H24N2O4S. The van der Waals surface area contributed by atoms with Gasteiger partial charge in [-0.25, -0.2) is 13.1 Å². The second kappa shape index (κ2) is 8.91. The van der Waals surface area contributed by atoms with E-state index in [0.717, 1.165) is 29.7 Å². The average Bonchev–Trinajstić information content (AvgIpc) is 2.78. The van der Waals surface area contributed by atoms with Gasteiger partial charge in [-0.15, -0.1) is 0 Å². The first-order valence-electron chi connectivity index (χ1n) is 10.1. The molecule has 0 saturated heterocycles. The largest absolute Gasteiger partial charge is 0.457 e. The fourth-order valence-corrected chi connectivity index (χ4v) is 4.74. The molecule has 1 aliphatic heterocycles. The summed E-state index contributed by atoms with van der Waals surface area (Å²) in [6.07, 6.45) is 1.57. The molecule has 0 aliphatic carbocycles.